The quantitative estimate of drug-likeness (QED) is 0.876. The average Bonchev–Trinajstić information content (AvgIpc) is 2.83. The largest absolute Gasteiger partial charge is 0.381 e. The summed E-state index contributed by atoms with van der Waals surface area (Å²) < 4.78 is 18.6. The molecule has 92 valence electrons. The minimum atomic E-state index is -0.264. The molecule has 0 amide bonds. The minimum Gasteiger partial charge on any atom is -0.381 e. The van der Waals surface area contributed by atoms with E-state index in [2.05, 4.69) is 15.3 Å². The molecule has 1 saturated carbocycles. The number of hydrogen-bond donors (Lipinski definition) is 1. The fourth-order valence-corrected chi connectivity index (χ4v) is 2.76. The summed E-state index contributed by atoms with van der Waals surface area (Å²) in [6.07, 6.45) is 1.51. The summed E-state index contributed by atoms with van der Waals surface area (Å²) in [5, 5.41) is 4.13. The van der Waals surface area contributed by atoms with Crippen molar-refractivity contribution in [2.45, 2.75) is 6.04 Å². The van der Waals surface area contributed by atoms with Gasteiger partial charge in [0.1, 0.15) is 18.0 Å². The second-order valence-electron chi connectivity index (χ2n) is 4.92. The van der Waals surface area contributed by atoms with Crippen LogP contribution in [-0.2, 0) is 4.74 Å². The van der Waals surface area contributed by atoms with Gasteiger partial charge < -0.3 is 10.1 Å². The Morgan fingerprint density at radius 2 is 2.06 bits per heavy atom. The van der Waals surface area contributed by atoms with E-state index in [-0.39, 0.29) is 5.82 Å². The lowest BCUT2D eigenvalue weighted by Crippen LogP contribution is -2.13. The van der Waals surface area contributed by atoms with Gasteiger partial charge in [-0.25, -0.2) is 14.4 Å². The number of ether oxygens (including phenoxy) is 1. The van der Waals surface area contributed by atoms with E-state index in [1.165, 1.54) is 18.5 Å². The fourth-order valence-electron chi connectivity index (χ4n) is 2.76. The zero-order valence-corrected chi connectivity index (χ0v) is 9.64. The van der Waals surface area contributed by atoms with E-state index < -0.39 is 0 Å². The Labute approximate surface area is 103 Å². The maximum absolute atomic E-state index is 13.3. The first-order valence-corrected chi connectivity index (χ1v) is 6.07. The number of fused-ring (bicyclic) bond motifs is 2. The van der Waals surface area contributed by atoms with Crippen LogP contribution in [0.4, 0.5) is 10.2 Å². The second kappa shape index (κ2) is 3.62. The van der Waals surface area contributed by atoms with Crippen molar-refractivity contribution < 1.29 is 9.13 Å². The maximum atomic E-state index is 13.3. The van der Waals surface area contributed by atoms with E-state index in [0.717, 1.165) is 29.9 Å². The number of nitrogens with one attached hydrogen (secondary N) is 1. The van der Waals surface area contributed by atoms with Crippen molar-refractivity contribution in [1.82, 2.24) is 9.97 Å². The third-order valence-electron chi connectivity index (χ3n) is 3.85. The van der Waals surface area contributed by atoms with Gasteiger partial charge in [0.2, 0.25) is 0 Å². The van der Waals surface area contributed by atoms with Gasteiger partial charge >= 0.3 is 0 Å². The average molecular weight is 245 g/mol. The summed E-state index contributed by atoms with van der Waals surface area (Å²) in [6.45, 7) is 1.64. The molecule has 1 unspecified atom stereocenters. The van der Waals surface area contributed by atoms with Crippen molar-refractivity contribution in [3.8, 4) is 0 Å². The molecule has 5 heteroatoms. The van der Waals surface area contributed by atoms with Crippen molar-refractivity contribution in [3.63, 3.8) is 0 Å². The van der Waals surface area contributed by atoms with Crippen LogP contribution in [0.15, 0.2) is 24.5 Å². The van der Waals surface area contributed by atoms with Crippen molar-refractivity contribution in [2.24, 2.45) is 11.8 Å². The Balaban J connectivity index is 1.69. The molecule has 2 aliphatic rings. The summed E-state index contributed by atoms with van der Waals surface area (Å²) in [4.78, 5) is 8.37. The van der Waals surface area contributed by atoms with Crippen molar-refractivity contribution in [3.05, 3.63) is 30.3 Å². The SMILES string of the molecule is Fc1ccc2ncnc(NC3[C@H]4COC[C@@H]34)c2c1. The molecular formula is C13H12FN3O. The van der Waals surface area contributed by atoms with Gasteiger partial charge in [-0.15, -0.1) is 0 Å². The van der Waals surface area contributed by atoms with Crippen LogP contribution < -0.4 is 5.32 Å². The van der Waals surface area contributed by atoms with Gasteiger partial charge in [-0.3, -0.25) is 0 Å². The van der Waals surface area contributed by atoms with Gasteiger partial charge in [-0.05, 0) is 18.2 Å². The van der Waals surface area contributed by atoms with E-state index >= 15 is 0 Å². The number of rotatable bonds is 2. The highest BCUT2D eigenvalue weighted by Crippen LogP contribution is 2.46. The van der Waals surface area contributed by atoms with E-state index in [9.17, 15) is 4.39 Å². The molecule has 1 saturated heterocycles. The molecule has 1 aliphatic carbocycles. The lowest BCUT2D eigenvalue weighted by atomic mass is 10.2. The lowest BCUT2D eigenvalue weighted by Gasteiger charge is -2.10. The van der Waals surface area contributed by atoms with Gasteiger partial charge in [0.15, 0.2) is 0 Å². The molecule has 0 bridgehead atoms. The van der Waals surface area contributed by atoms with Gasteiger partial charge in [0.05, 0.1) is 18.7 Å². The van der Waals surface area contributed by atoms with Crippen LogP contribution in [0.25, 0.3) is 10.9 Å². The topological polar surface area (TPSA) is 47.0 Å². The van der Waals surface area contributed by atoms with Crippen LogP contribution in [0.3, 0.4) is 0 Å². The van der Waals surface area contributed by atoms with Gasteiger partial charge in [0, 0.05) is 23.3 Å². The van der Waals surface area contributed by atoms with Crippen molar-refractivity contribution in [1.29, 1.82) is 0 Å². The molecule has 0 radical (unpaired) electrons. The monoisotopic (exact) mass is 245 g/mol. The van der Waals surface area contributed by atoms with Crippen LogP contribution in [0, 0.1) is 17.7 Å². The van der Waals surface area contributed by atoms with Crippen LogP contribution in [-0.4, -0.2) is 29.2 Å². The number of aromatic nitrogens is 2. The first kappa shape index (κ1) is 10.2. The Hall–Kier alpha value is -1.75. The number of nitrogens with zero attached hydrogens (tertiary/aromatic N) is 2. The van der Waals surface area contributed by atoms with Crippen molar-refractivity contribution >= 4 is 16.7 Å². The highest BCUT2D eigenvalue weighted by atomic mass is 19.1. The third kappa shape index (κ3) is 1.47. The Morgan fingerprint density at radius 1 is 1.22 bits per heavy atom. The molecule has 1 aliphatic heterocycles. The molecule has 4 nitrogen and oxygen atoms in total. The van der Waals surface area contributed by atoms with Crippen LogP contribution in [0.5, 0.6) is 0 Å². The summed E-state index contributed by atoms with van der Waals surface area (Å²) in [7, 11) is 0. The van der Waals surface area contributed by atoms with E-state index in [4.69, 9.17) is 4.74 Å². The fraction of sp³-hybridized carbons (Fsp3) is 0.385. The predicted octanol–water partition coefficient (Wildman–Crippen LogP) is 1.83. The Kier molecular flexibility index (Phi) is 2.05. The maximum Gasteiger partial charge on any atom is 0.137 e. The molecule has 2 heterocycles. The highest BCUT2D eigenvalue weighted by molar-refractivity contribution is 5.89. The number of hydrogen-bond acceptors (Lipinski definition) is 4. The molecule has 2 fully saturated rings. The molecule has 3 atom stereocenters. The first-order chi connectivity index (χ1) is 8.83. The Bertz CT molecular complexity index is 608. The summed E-state index contributed by atoms with van der Waals surface area (Å²) in [5.74, 6) is 1.63. The summed E-state index contributed by atoms with van der Waals surface area (Å²) >= 11 is 0. The summed E-state index contributed by atoms with van der Waals surface area (Å²) in [5.41, 5.74) is 0.760. The minimum absolute atomic E-state index is 0.264. The van der Waals surface area contributed by atoms with E-state index in [1.807, 2.05) is 0 Å². The van der Waals surface area contributed by atoms with Crippen molar-refractivity contribution in [2.75, 3.05) is 18.5 Å². The smallest absolute Gasteiger partial charge is 0.137 e. The van der Waals surface area contributed by atoms with Gasteiger partial charge in [0.25, 0.3) is 0 Å². The van der Waals surface area contributed by atoms with Gasteiger partial charge in [-0.2, -0.15) is 0 Å². The molecule has 1 N–H and O–H groups in total. The molecule has 2 aromatic rings. The number of benzene rings is 1. The highest BCUT2D eigenvalue weighted by Gasteiger charge is 2.54. The molecule has 4 rings (SSSR count). The lowest BCUT2D eigenvalue weighted by molar-refractivity contribution is 0.162. The van der Waals surface area contributed by atoms with Gasteiger partial charge in [-0.1, -0.05) is 0 Å². The van der Waals surface area contributed by atoms with Crippen LogP contribution in [0.1, 0.15) is 0 Å². The second-order valence-corrected chi connectivity index (χ2v) is 4.92. The first-order valence-electron chi connectivity index (χ1n) is 6.07. The molecule has 18 heavy (non-hydrogen) atoms. The normalized spacial score (nSPS) is 29.3. The Morgan fingerprint density at radius 3 is 2.89 bits per heavy atom. The van der Waals surface area contributed by atoms with Crippen LogP contribution >= 0.6 is 0 Å². The van der Waals surface area contributed by atoms with E-state index in [1.54, 1.807) is 6.07 Å². The standard InChI is InChI=1S/C13H12FN3O/c14-7-1-2-11-8(3-7)13(16-6-15-11)17-12-9-4-18-5-10(9)12/h1-3,6,9-10,12H,4-5H2,(H,15,16,17)/t9-,10+,12?. The van der Waals surface area contributed by atoms with E-state index in [0.29, 0.717) is 17.9 Å². The zero-order chi connectivity index (χ0) is 12.1. The molecule has 0 spiro atoms. The molecular weight excluding hydrogens is 233 g/mol. The molecule has 1 aromatic carbocycles. The molecule has 1 aromatic heterocycles. The summed E-state index contributed by atoms with van der Waals surface area (Å²) in [6, 6.07) is 4.99. The number of anilines is 1. The third-order valence-corrected chi connectivity index (χ3v) is 3.85. The number of halogens is 1. The van der Waals surface area contributed by atoms with Crippen LogP contribution in [0.2, 0.25) is 0 Å². The predicted molar refractivity (Wildman–Crippen MR) is 64.7 cm³/mol. The zero-order valence-electron chi connectivity index (χ0n) is 9.64.